The molecule has 21 heavy (non-hydrogen) atoms. The number of ether oxygens (including phenoxy) is 2. The lowest BCUT2D eigenvalue weighted by atomic mass is 10.2. The van der Waals surface area contributed by atoms with Gasteiger partial charge in [0.05, 0.1) is 30.8 Å². The fraction of sp³-hybridized carbons (Fsp3) is 0.286. The molecular formula is C14H15N2O4S-. The van der Waals surface area contributed by atoms with Crippen LogP contribution in [0, 0.1) is 6.92 Å². The Bertz CT molecular complexity index is 654. The number of aromatic carboxylic acids is 1. The minimum atomic E-state index is -1.21. The lowest BCUT2D eigenvalue weighted by Gasteiger charge is -2.12. The van der Waals surface area contributed by atoms with Gasteiger partial charge in [-0.05, 0) is 13.0 Å². The summed E-state index contributed by atoms with van der Waals surface area (Å²) < 4.78 is 10.6. The molecule has 0 unspecified atom stereocenters. The molecule has 0 saturated heterocycles. The van der Waals surface area contributed by atoms with E-state index < -0.39 is 5.97 Å². The summed E-state index contributed by atoms with van der Waals surface area (Å²) in [5, 5.41) is 14.5. The molecule has 0 radical (unpaired) electrons. The minimum absolute atomic E-state index is 0.134. The van der Waals surface area contributed by atoms with Crippen molar-refractivity contribution in [3.8, 4) is 11.5 Å². The molecule has 1 N–H and O–H groups in total. The number of aromatic nitrogens is 1. The first kappa shape index (κ1) is 15.1. The van der Waals surface area contributed by atoms with E-state index >= 15 is 0 Å². The maximum absolute atomic E-state index is 10.9. The summed E-state index contributed by atoms with van der Waals surface area (Å²) in [7, 11) is 3.15. The number of hydrogen-bond donors (Lipinski definition) is 1. The Kier molecular flexibility index (Phi) is 4.64. The quantitative estimate of drug-likeness (QED) is 0.869. The van der Waals surface area contributed by atoms with Crippen LogP contribution < -0.4 is 19.9 Å². The van der Waals surface area contributed by atoms with E-state index in [1.807, 2.05) is 18.2 Å². The number of rotatable bonds is 6. The molecule has 0 aliphatic rings. The average Bonchev–Trinajstić information content (AvgIpc) is 2.85. The first-order valence-electron chi connectivity index (χ1n) is 6.19. The number of hydrogen-bond acceptors (Lipinski definition) is 7. The number of nitrogens with zero attached hydrogens (tertiary/aromatic N) is 1. The third kappa shape index (κ3) is 3.25. The van der Waals surface area contributed by atoms with Crippen molar-refractivity contribution in [3.05, 3.63) is 34.3 Å². The molecule has 2 rings (SSSR count). The van der Waals surface area contributed by atoms with Gasteiger partial charge in [0.25, 0.3) is 0 Å². The Labute approximate surface area is 126 Å². The van der Waals surface area contributed by atoms with E-state index in [0.29, 0.717) is 28.9 Å². The van der Waals surface area contributed by atoms with Crippen LogP contribution in [0.2, 0.25) is 0 Å². The van der Waals surface area contributed by atoms with Crippen LogP contribution in [-0.2, 0) is 6.54 Å². The van der Waals surface area contributed by atoms with Crippen molar-refractivity contribution in [1.29, 1.82) is 0 Å². The zero-order chi connectivity index (χ0) is 15.4. The summed E-state index contributed by atoms with van der Waals surface area (Å²) in [6.07, 6.45) is 0. The second-order valence-electron chi connectivity index (χ2n) is 4.23. The predicted octanol–water partition coefficient (Wildman–Crippen LogP) is 1.44. The number of nitrogens with one attached hydrogen (secondary N) is 1. The molecule has 112 valence electrons. The van der Waals surface area contributed by atoms with Crippen molar-refractivity contribution in [1.82, 2.24) is 4.98 Å². The van der Waals surface area contributed by atoms with E-state index in [0.717, 1.165) is 16.9 Å². The van der Waals surface area contributed by atoms with E-state index in [1.54, 1.807) is 21.1 Å². The van der Waals surface area contributed by atoms with Crippen LogP contribution in [-0.4, -0.2) is 25.2 Å². The number of thiazole rings is 1. The first-order valence-corrected chi connectivity index (χ1v) is 7.01. The lowest BCUT2D eigenvalue weighted by molar-refractivity contribution is -0.254. The highest BCUT2D eigenvalue weighted by molar-refractivity contribution is 7.17. The molecule has 2 aromatic rings. The van der Waals surface area contributed by atoms with E-state index in [2.05, 4.69) is 10.3 Å². The molecule has 0 aliphatic heterocycles. The molecule has 1 aromatic carbocycles. The van der Waals surface area contributed by atoms with Crippen LogP contribution in [0.25, 0.3) is 0 Å². The third-order valence-electron chi connectivity index (χ3n) is 2.90. The van der Waals surface area contributed by atoms with Gasteiger partial charge < -0.3 is 24.7 Å². The van der Waals surface area contributed by atoms with Gasteiger partial charge in [0.2, 0.25) is 0 Å². The highest BCUT2D eigenvalue weighted by atomic mass is 32.1. The summed E-state index contributed by atoms with van der Waals surface area (Å²) >= 11 is 1.05. The second-order valence-corrected chi connectivity index (χ2v) is 5.23. The molecule has 0 saturated carbocycles. The van der Waals surface area contributed by atoms with Gasteiger partial charge in [-0.25, -0.2) is 4.98 Å². The second kappa shape index (κ2) is 6.45. The van der Waals surface area contributed by atoms with Crippen LogP contribution >= 0.6 is 11.3 Å². The molecule has 0 aliphatic carbocycles. The number of aryl methyl sites for hydroxylation is 1. The fourth-order valence-electron chi connectivity index (χ4n) is 1.93. The SMILES string of the molecule is COc1cccc(CNc2nc(C)c(C(=O)[O-])s2)c1OC. The van der Waals surface area contributed by atoms with Crippen molar-refractivity contribution in [2.45, 2.75) is 13.5 Å². The maximum atomic E-state index is 10.9. The Morgan fingerprint density at radius 3 is 2.71 bits per heavy atom. The zero-order valence-electron chi connectivity index (χ0n) is 11.9. The summed E-state index contributed by atoms with van der Waals surface area (Å²) in [5.74, 6) is 0.0699. The molecular weight excluding hydrogens is 292 g/mol. The smallest absolute Gasteiger partial charge is 0.183 e. The molecule has 1 aromatic heterocycles. The fourth-order valence-corrected chi connectivity index (χ4v) is 2.72. The van der Waals surface area contributed by atoms with Crippen molar-refractivity contribution in [2.75, 3.05) is 19.5 Å². The van der Waals surface area contributed by atoms with Gasteiger partial charge in [-0.1, -0.05) is 23.5 Å². The van der Waals surface area contributed by atoms with Crippen LogP contribution in [0.4, 0.5) is 5.13 Å². The van der Waals surface area contributed by atoms with Crippen molar-refractivity contribution in [2.24, 2.45) is 0 Å². The number of carboxylic acid groups (broad SMARTS) is 1. The van der Waals surface area contributed by atoms with Crippen LogP contribution in [0.1, 0.15) is 20.9 Å². The summed E-state index contributed by atoms with van der Waals surface area (Å²) in [6.45, 7) is 2.08. The lowest BCUT2D eigenvalue weighted by Crippen LogP contribution is -2.21. The topological polar surface area (TPSA) is 83.5 Å². The molecule has 7 heteroatoms. The number of para-hydroxylation sites is 1. The zero-order valence-corrected chi connectivity index (χ0v) is 12.7. The Balaban J connectivity index is 2.17. The summed E-state index contributed by atoms with van der Waals surface area (Å²) in [4.78, 5) is 15.2. The highest BCUT2D eigenvalue weighted by Crippen LogP contribution is 2.31. The van der Waals surface area contributed by atoms with Crippen molar-refractivity contribution in [3.63, 3.8) is 0 Å². The van der Waals surface area contributed by atoms with Crippen molar-refractivity contribution < 1.29 is 19.4 Å². The molecule has 0 fully saturated rings. The van der Waals surface area contributed by atoms with Crippen LogP contribution in [0.5, 0.6) is 11.5 Å². The largest absolute Gasteiger partial charge is 0.544 e. The molecule has 0 spiro atoms. The number of benzene rings is 1. The third-order valence-corrected chi connectivity index (χ3v) is 3.99. The molecule has 1 heterocycles. The minimum Gasteiger partial charge on any atom is -0.544 e. The number of methoxy groups -OCH3 is 2. The van der Waals surface area contributed by atoms with Gasteiger partial charge in [0, 0.05) is 12.1 Å². The van der Waals surface area contributed by atoms with Crippen LogP contribution in [0.15, 0.2) is 18.2 Å². The predicted molar refractivity (Wildman–Crippen MR) is 78.1 cm³/mol. The summed E-state index contributed by atoms with van der Waals surface area (Å²) in [5.41, 5.74) is 1.33. The first-order chi connectivity index (χ1) is 10.1. The Morgan fingerprint density at radius 2 is 2.14 bits per heavy atom. The van der Waals surface area contributed by atoms with Crippen molar-refractivity contribution >= 4 is 22.4 Å². The molecule has 0 atom stereocenters. The van der Waals surface area contributed by atoms with Gasteiger partial charge in [-0.15, -0.1) is 0 Å². The van der Waals surface area contributed by atoms with Gasteiger partial charge in [0.1, 0.15) is 0 Å². The van der Waals surface area contributed by atoms with Crippen LogP contribution in [0.3, 0.4) is 0 Å². The Morgan fingerprint density at radius 1 is 1.38 bits per heavy atom. The average molecular weight is 307 g/mol. The maximum Gasteiger partial charge on any atom is 0.183 e. The number of carbonyl (C=O) groups excluding carboxylic acids is 1. The highest BCUT2D eigenvalue weighted by Gasteiger charge is 2.11. The normalized spacial score (nSPS) is 10.2. The van der Waals surface area contributed by atoms with E-state index in [1.165, 1.54) is 0 Å². The van der Waals surface area contributed by atoms with Gasteiger partial charge >= 0.3 is 0 Å². The number of carboxylic acids is 1. The number of anilines is 1. The van der Waals surface area contributed by atoms with E-state index in [-0.39, 0.29) is 4.88 Å². The summed E-state index contributed by atoms with van der Waals surface area (Å²) in [6, 6.07) is 5.57. The number of carbonyl (C=O) groups is 1. The molecule has 6 nitrogen and oxygen atoms in total. The molecule has 0 amide bonds. The van der Waals surface area contributed by atoms with E-state index in [9.17, 15) is 9.90 Å². The Hall–Kier alpha value is -2.28. The van der Waals surface area contributed by atoms with E-state index in [4.69, 9.17) is 9.47 Å². The van der Waals surface area contributed by atoms with Gasteiger partial charge in [-0.3, -0.25) is 0 Å². The monoisotopic (exact) mass is 307 g/mol. The molecule has 0 bridgehead atoms. The van der Waals surface area contributed by atoms with Gasteiger partial charge in [0.15, 0.2) is 16.6 Å². The standard InChI is InChI=1S/C14H16N2O4S/c1-8-12(13(17)18)21-14(16-8)15-7-9-5-4-6-10(19-2)11(9)20-3/h4-6H,7H2,1-3H3,(H,15,16)(H,17,18)/p-1. The van der Waals surface area contributed by atoms with Gasteiger partial charge in [-0.2, -0.15) is 0 Å².